The highest BCUT2D eigenvalue weighted by molar-refractivity contribution is 7.09. The number of likely N-dealkylation sites (tertiary alicyclic amines) is 1. The van der Waals surface area contributed by atoms with Gasteiger partial charge in [0.05, 0.1) is 11.2 Å². The van der Waals surface area contributed by atoms with Gasteiger partial charge in [-0.05, 0) is 57.7 Å². The van der Waals surface area contributed by atoms with Crippen molar-refractivity contribution >= 4 is 23.3 Å². The van der Waals surface area contributed by atoms with Crippen LogP contribution in [0, 0.1) is 19.8 Å². The number of hydrogen-bond acceptors (Lipinski definition) is 5. The van der Waals surface area contributed by atoms with Gasteiger partial charge in [-0.1, -0.05) is 36.8 Å². The molecule has 6 nitrogen and oxygen atoms in total. The van der Waals surface area contributed by atoms with Gasteiger partial charge in [-0.2, -0.15) is 0 Å². The molecule has 1 atom stereocenters. The predicted molar refractivity (Wildman–Crippen MR) is 123 cm³/mol. The summed E-state index contributed by atoms with van der Waals surface area (Å²) < 4.78 is 0. The van der Waals surface area contributed by atoms with Crippen molar-refractivity contribution in [3.63, 3.8) is 0 Å². The van der Waals surface area contributed by atoms with E-state index in [1.54, 1.807) is 11.3 Å². The van der Waals surface area contributed by atoms with E-state index in [0.29, 0.717) is 19.4 Å². The molecule has 4 rings (SSSR count). The number of aromatic nitrogens is 1. The molecular formula is C24H32N4O2S. The van der Waals surface area contributed by atoms with Gasteiger partial charge in [0.2, 0.25) is 0 Å². The average Bonchev–Trinajstić information content (AvgIpc) is 3.27. The summed E-state index contributed by atoms with van der Waals surface area (Å²) in [4.78, 5) is 35.5. The van der Waals surface area contributed by atoms with Gasteiger partial charge in [-0.25, -0.2) is 9.78 Å². The van der Waals surface area contributed by atoms with Crippen molar-refractivity contribution in [2.75, 3.05) is 19.6 Å². The topological polar surface area (TPSA) is 65.5 Å². The molecule has 3 heterocycles. The van der Waals surface area contributed by atoms with E-state index in [4.69, 9.17) is 0 Å². The number of benzene rings is 1. The van der Waals surface area contributed by atoms with E-state index in [-0.39, 0.29) is 17.9 Å². The highest BCUT2D eigenvalue weighted by Gasteiger charge is 2.54. The predicted octanol–water partition coefficient (Wildman–Crippen LogP) is 3.92. The number of thiazole rings is 1. The van der Waals surface area contributed by atoms with Gasteiger partial charge in [0.25, 0.3) is 5.91 Å². The molecule has 2 aliphatic heterocycles. The van der Waals surface area contributed by atoms with Crippen LogP contribution in [0.2, 0.25) is 0 Å². The maximum atomic E-state index is 13.4. The van der Waals surface area contributed by atoms with Gasteiger partial charge >= 0.3 is 6.03 Å². The van der Waals surface area contributed by atoms with Crippen LogP contribution in [-0.4, -0.2) is 51.9 Å². The lowest BCUT2D eigenvalue weighted by atomic mass is 9.75. The second-order valence-electron chi connectivity index (χ2n) is 8.86. The Morgan fingerprint density at radius 1 is 1.23 bits per heavy atom. The second kappa shape index (κ2) is 9.09. The Labute approximate surface area is 188 Å². The molecule has 2 fully saturated rings. The van der Waals surface area contributed by atoms with Crippen LogP contribution in [0.1, 0.15) is 47.9 Å². The summed E-state index contributed by atoms with van der Waals surface area (Å²) in [7, 11) is 0. The van der Waals surface area contributed by atoms with E-state index in [1.165, 1.54) is 16.0 Å². The van der Waals surface area contributed by atoms with Gasteiger partial charge < -0.3 is 5.32 Å². The Morgan fingerprint density at radius 2 is 2.00 bits per heavy atom. The molecule has 0 saturated carbocycles. The molecule has 0 unspecified atom stereocenters. The van der Waals surface area contributed by atoms with Crippen molar-refractivity contribution in [2.45, 2.75) is 58.5 Å². The summed E-state index contributed by atoms with van der Waals surface area (Å²) in [6, 6.07) is 8.41. The largest absolute Gasteiger partial charge is 0.325 e. The van der Waals surface area contributed by atoms with Crippen molar-refractivity contribution in [2.24, 2.45) is 5.92 Å². The molecule has 166 valence electrons. The van der Waals surface area contributed by atoms with E-state index in [2.05, 4.69) is 46.4 Å². The Hall–Kier alpha value is -2.25. The molecule has 0 spiro atoms. The van der Waals surface area contributed by atoms with Crippen molar-refractivity contribution < 1.29 is 9.59 Å². The summed E-state index contributed by atoms with van der Waals surface area (Å²) in [5.41, 5.74) is 4.66. The Balaban J connectivity index is 1.39. The third kappa shape index (κ3) is 4.39. The zero-order chi connectivity index (χ0) is 22.0. The van der Waals surface area contributed by atoms with Gasteiger partial charge in [0.1, 0.15) is 5.54 Å². The number of hydrogen-bond donors (Lipinski definition) is 1. The first-order valence-corrected chi connectivity index (χ1v) is 12.1. The lowest BCUT2D eigenvalue weighted by molar-refractivity contribution is -0.134. The van der Waals surface area contributed by atoms with Crippen LogP contribution in [0.25, 0.3) is 0 Å². The highest BCUT2D eigenvalue weighted by atomic mass is 32.1. The summed E-state index contributed by atoms with van der Waals surface area (Å²) in [6.07, 6.45) is 3.15. The highest BCUT2D eigenvalue weighted by Crippen LogP contribution is 2.36. The van der Waals surface area contributed by atoms with Crippen LogP contribution in [-0.2, 0) is 17.8 Å². The number of piperidine rings is 1. The van der Waals surface area contributed by atoms with Crippen molar-refractivity contribution in [1.82, 2.24) is 20.1 Å². The van der Waals surface area contributed by atoms with Gasteiger partial charge in [0, 0.05) is 24.4 Å². The maximum absolute atomic E-state index is 13.4. The summed E-state index contributed by atoms with van der Waals surface area (Å²) in [5, 5.41) is 3.11. The molecule has 0 bridgehead atoms. The fraction of sp³-hybridized carbons (Fsp3) is 0.542. The Kier molecular flexibility index (Phi) is 6.44. The number of urea groups is 1. The molecule has 1 aromatic carbocycles. The summed E-state index contributed by atoms with van der Waals surface area (Å²) >= 11 is 1.58. The van der Waals surface area contributed by atoms with E-state index < -0.39 is 5.54 Å². The molecule has 2 saturated heterocycles. The smallest absolute Gasteiger partial charge is 0.323 e. The quantitative estimate of drug-likeness (QED) is 0.663. The van der Waals surface area contributed by atoms with E-state index >= 15 is 0 Å². The molecule has 7 heteroatoms. The fourth-order valence-corrected chi connectivity index (χ4v) is 5.86. The fourth-order valence-electron chi connectivity index (χ4n) is 5.08. The maximum Gasteiger partial charge on any atom is 0.325 e. The molecular weight excluding hydrogens is 408 g/mol. The minimum atomic E-state index is -0.755. The summed E-state index contributed by atoms with van der Waals surface area (Å²) in [5.74, 6) is 0.136. The number of carbonyl (C=O) groups excluding carboxylic acids is 2. The molecule has 1 N–H and O–H groups in total. The van der Waals surface area contributed by atoms with Crippen LogP contribution in [0.15, 0.2) is 29.8 Å². The van der Waals surface area contributed by atoms with E-state index in [1.807, 2.05) is 19.4 Å². The number of imide groups is 1. The molecule has 1 aromatic heterocycles. The van der Waals surface area contributed by atoms with Crippen LogP contribution in [0.4, 0.5) is 4.79 Å². The Morgan fingerprint density at radius 3 is 2.65 bits per heavy atom. The molecule has 0 radical (unpaired) electrons. The third-order valence-corrected chi connectivity index (χ3v) is 7.93. The Bertz CT molecular complexity index is 951. The zero-order valence-electron chi connectivity index (χ0n) is 18.7. The normalized spacial score (nSPS) is 22.9. The summed E-state index contributed by atoms with van der Waals surface area (Å²) in [6.45, 7) is 9.37. The number of amides is 3. The van der Waals surface area contributed by atoms with Gasteiger partial charge in [-0.3, -0.25) is 14.6 Å². The lowest BCUT2D eigenvalue weighted by Gasteiger charge is -2.40. The third-order valence-electron chi connectivity index (χ3n) is 6.94. The monoisotopic (exact) mass is 440 g/mol. The first-order chi connectivity index (χ1) is 14.9. The molecule has 0 aliphatic carbocycles. The van der Waals surface area contributed by atoms with Crippen molar-refractivity contribution in [3.8, 4) is 0 Å². The van der Waals surface area contributed by atoms with Gasteiger partial charge in [0.15, 0.2) is 0 Å². The number of aryl methyl sites for hydroxylation is 2. The molecule has 3 amide bonds. The number of rotatable bonds is 7. The number of nitrogens with zero attached hydrogens (tertiary/aromatic N) is 3. The zero-order valence-corrected chi connectivity index (χ0v) is 19.5. The van der Waals surface area contributed by atoms with Crippen LogP contribution >= 0.6 is 11.3 Å². The van der Waals surface area contributed by atoms with Crippen LogP contribution < -0.4 is 5.32 Å². The first-order valence-electron chi connectivity index (χ1n) is 11.2. The van der Waals surface area contributed by atoms with Crippen molar-refractivity contribution in [1.29, 1.82) is 0 Å². The molecule has 31 heavy (non-hydrogen) atoms. The average molecular weight is 441 g/mol. The minimum Gasteiger partial charge on any atom is -0.323 e. The van der Waals surface area contributed by atoms with Crippen LogP contribution in [0.5, 0.6) is 0 Å². The SMILES string of the molecule is CC[C@]1(C2CCN(Cc3cccc(C)c3)CC2)NC(=O)N(CCc2scnc2C)C1=O. The first kappa shape index (κ1) is 22.0. The van der Waals surface area contributed by atoms with Gasteiger partial charge in [-0.15, -0.1) is 11.3 Å². The number of nitrogens with one attached hydrogen (secondary N) is 1. The number of carbonyl (C=O) groups is 2. The molecule has 2 aromatic rings. The minimum absolute atomic E-state index is 0.0423. The molecule has 2 aliphatic rings. The van der Waals surface area contributed by atoms with E-state index in [9.17, 15) is 9.59 Å². The van der Waals surface area contributed by atoms with E-state index in [0.717, 1.165) is 43.0 Å². The van der Waals surface area contributed by atoms with Crippen LogP contribution in [0.3, 0.4) is 0 Å². The second-order valence-corrected chi connectivity index (χ2v) is 9.80. The lowest BCUT2D eigenvalue weighted by Crippen LogP contribution is -2.55. The standard InChI is InChI=1S/C24H32N4O2S/c1-4-24(20-8-11-27(12-9-20)15-19-7-5-6-17(2)14-19)22(29)28(23(30)26-24)13-10-21-18(3)25-16-31-21/h5-7,14,16,20H,4,8-13,15H2,1-3H3,(H,26,30)/t24-/m1/s1. The van der Waals surface area contributed by atoms with Crippen molar-refractivity contribution in [3.05, 3.63) is 51.5 Å².